The van der Waals surface area contributed by atoms with Crippen molar-refractivity contribution in [2.24, 2.45) is 10.2 Å². The van der Waals surface area contributed by atoms with E-state index in [1.165, 1.54) is 22.6 Å². The SMILES string of the molecule is Cc1ccc(N=Nc2ccc(O)c(/C=C3\SC(=O)N(Cc4ccc(Br)cc4)C3=O)c2)cc1C. The summed E-state index contributed by atoms with van der Waals surface area (Å²) in [7, 11) is 0. The van der Waals surface area contributed by atoms with Gasteiger partial charge in [0.05, 0.1) is 22.8 Å². The molecular weight excluding hydrogens is 502 g/mol. The van der Waals surface area contributed by atoms with Gasteiger partial charge in [-0.05, 0) is 90.8 Å². The fraction of sp³-hybridized carbons (Fsp3) is 0.120. The topological polar surface area (TPSA) is 82.3 Å². The molecule has 8 heteroatoms. The van der Waals surface area contributed by atoms with Gasteiger partial charge in [0, 0.05) is 10.0 Å². The summed E-state index contributed by atoms with van der Waals surface area (Å²) in [4.78, 5) is 26.7. The van der Waals surface area contributed by atoms with Gasteiger partial charge in [0.25, 0.3) is 11.1 Å². The van der Waals surface area contributed by atoms with Crippen molar-refractivity contribution in [3.05, 3.63) is 92.3 Å². The molecule has 1 aliphatic rings. The molecule has 1 aliphatic heterocycles. The molecule has 0 aliphatic carbocycles. The van der Waals surface area contributed by atoms with Gasteiger partial charge in [0.1, 0.15) is 5.75 Å². The lowest BCUT2D eigenvalue weighted by Crippen LogP contribution is -2.27. The van der Waals surface area contributed by atoms with Crippen LogP contribution in [0.3, 0.4) is 0 Å². The Balaban J connectivity index is 1.55. The lowest BCUT2D eigenvalue weighted by Gasteiger charge is -2.12. The average molecular weight is 522 g/mol. The number of aromatic hydroxyl groups is 1. The number of aryl methyl sites for hydroxylation is 2. The van der Waals surface area contributed by atoms with E-state index in [1.807, 2.05) is 56.3 Å². The molecule has 1 N–H and O–H groups in total. The smallest absolute Gasteiger partial charge is 0.293 e. The van der Waals surface area contributed by atoms with Crippen LogP contribution < -0.4 is 0 Å². The number of azo groups is 1. The highest BCUT2D eigenvalue weighted by Crippen LogP contribution is 2.36. The average Bonchev–Trinajstić information content (AvgIpc) is 3.05. The van der Waals surface area contributed by atoms with Crippen molar-refractivity contribution in [2.75, 3.05) is 0 Å². The highest BCUT2D eigenvalue weighted by Gasteiger charge is 2.35. The fourth-order valence-electron chi connectivity index (χ4n) is 3.17. The Bertz CT molecular complexity index is 1300. The zero-order valence-electron chi connectivity index (χ0n) is 17.9. The zero-order valence-corrected chi connectivity index (χ0v) is 20.4. The lowest BCUT2D eigenvalue weighted by atomic mass is 10.1. The van der Waals surface area contributed by atoms with E-state index in [9.17, 15) is 14.7 Å². The van der Waals surface area contributed by atoms with E-state index in [4.69, 9.17) is 0 Å². The van der Waals surface area contributed by atoms with E-state index < -0.39 is 5.91 Å². The third-order valence-corrected chi connectivity index (χ3v) is 6.63. The maximum Gasteiger partial charge on any atom is 0.293 e. The second-order valence-corrected chi connectivity index (χ2v) is 9.51. The molecule has 2 amide bonds. The largest absolute Gasteiger partial charge is 0.507 e. The van der Waals surface area contributed by atoms with Crippen LogP contribution in [0.1, 0.15) is 22.3 Å². The van der Waals surface area contributed by atoms with E-state index in [2.05, 4.69) is 26.2 Å². The molecule has 0 atom stereocenters. The van der Waals surface area contributed by atoms with Crippen molar-refractivity contribution in [3.63, 3.8) is 0 Å². The fourth-order valence-corrected chi connectivity index (χ4v) is 4.27. The summed E-state index contributed by atoms with van der Waals surface area (Å²) in [5.74, 6) is -0.408. The number of nitrogens with zero attached hydrogens (tertiary/aromatic N) is 3. The Morgan fingerprint density at radius 1 is 0.939 bits per heavy atom. The predicted octanol–water partition coefficient (Wildman–Crippen LogP) is 7.42. The van der Waals surface area contributed by atoms with E-state index >= 15 is 0 Å². The van der Waals surface area contributed by atoms with Crippen LogP contribution in [0.25, 0.3) is 6.08 Å². The summed E-state index contributed by atoms with van der Waals surface area (Å²) < 4.78 is 0.922. The van der Waals surface area contributed by atoms with Gasteiger partial charge in [0.15, 0.2) is 0 Å². The highest BCUT2D eigenvalue weighted by molar-refractivity contribution is 9.10. The molecule has 1 heterocycles. The molecule has 0 unspecified atom stereocenters. The number of benzene rings is 3. The number of thioether (sulfide) groups is 1. The summed E-state index contributed by atoms with van der Waals surface area (Å²) in [6.07, 6.45) is 1.51. The molecule has 4 rings (SSSR count). The minimum atomic E-state index is -0.394. The molecular formula is C25H20BrN3O3S. The first kappa shape index (κ1) is 22.9. The van der Waals surface area contributed by atoms with Gasteiger partial charge in [-0.25, -0.2) is 0 Å². The third-order valence-electron chi connectivity index (χ3n) is 5.20. The monoisotopic (exact) mass is 521 g/mol. The van der Waals surface area contributed by atoms with Crippen molar-refractivity contribution in [2.45, 2.75) is 20.4 Å². The van der Waals surface area contributed by atoms with Gasteiger partial charge in [-0.2, -0.15) is 10.2 Å². The van der Waals surface area contributed by atoms with E-state index in [-0.39, 0.29) is 22.4 Å². The van der Waals surface area contributed by atoms with Crippen molar-refractivity contribution in [3.8, 4) is 5.75 Å². The molecule has 0 bridgehead atoms. The minimum Gasteiger partial charge on any atom is -0.507 e. The second kappa shape index (κ2) is 9.72. The molecule has 33 heavy (non-hydrogen) atoms. The van der Waals surface area contributed by atoms with Crippen LogP contribution in [-0.2, 0) is 11.3 Å². The van der Waals surface area contributed by atoms with Crippen LogP contribution in [0, 0.1) is 13.8 Å². The van der Waals surface area contributed by atoms with Gasteiger partial charge in [-0.1, -0.05) is 34.1 Å². The number of amides is 2. The Labute approximate surface area is 204 Å². The molecule has 3 aromatic carbocycles. The normalized spacial score (nSPS) is 15.2. The Morgan fingerprint density at radius 3 is 2.30 bits per heavy atom. The van der Waals surface area contributed by atoms with Gasteiger partial charge in [0.2, 0.25) is 0 Å². The molecule has 0 radical (unpaired) electrons. The Hall–Kier alpha value is -3.23. The van der Waals surface area contributed by atoms with E-state index in [0.717, 1.165) is 33.0 Å². The first-order valence-corrected chi connectivity index (χ1v) is 11.7. The second-order valence-electron chi connectivity index (χ2n) is 7.61. The van der Waals surface area contributed by atoms with Crippen LogP contribution in [0.2, 0.25) is 0 Å². The third kappa shape index (κ3) is 5.40. The lowest BCUT2D eigenvalue weighted by molar-refractivity contribution is -0.123. The van der Waals surface area contributed by atoms with Gasteiger partial charge >= 0.3 is 0 Å². The quantitative estimate of drug-likeness (QED) is 0.279. The van der Waals surface area contributed by atoms with Crippen molar-refractivity contribution in [1.82, 2.24) is 4.90 Å². The summed E-state index contributed by atoms with van der Waals surface area (Å²) in [5.41, 5.74) is 4.78. The molecule has 3 aromatic rings. The zero-order chi connectivity index (χ0) is 23.5. The molecule has 166 valence electrons. The van der Waals surface area contributed by atoms with Crippen molar-refractivity contribution in [1.29, 1.82) is 0 Å². The molecule has 1 fully saturated rings. The number of phenols is 1. The van der Waals surface area contributed by atoms with Crippen LogP contribution in [0.15, 0.2) is 80.3 Å². The maximum absolute atomic E-state index is 12.8. The van der Waals surface area contributed by atoms with Crippen molar-refractivity contribution >= 4 is 56.3 Å². The molecule has 0 aromatic heterocycles. The summed E-state index contributed by atoms with van der Waals surface area (Å²) >= 11 is 4.22. The first-order valence-electron chi connectivity index (χ1n) is 10.1. The number of rotatable bonds is 5. The minimum absolute atomic E-state index is 0.0140. The number of phenolic OH excluding ortho intramolecular Hbond substituents is 1. The number of carbonyl (C=O) groups is 2. The van der Waals surface area contributed by atoms with Gasteiger partial charge in [-0.15, -0.1) is 0 Å². The van der Waals surface area contributed by atoms with E-state index in [1.54, 1.807) is 12.1 Å². The van der Waals surface area contributed by atoms with E-state index in [0.29, 0.717) is 11.3 Å². The maximum atomic E-state index is 12.8. The van der Waals surface area contributed by atoms with Crippen molar-refractivity contribution < 1.29 is 14.7 Å². The van der Waals surface area contributed by atoms with Crippen LogP contribution in [0.4, 0.5) is 16.2 Å². The van der Waals surface area contributed by atoms with Crippen LogP contribution in [-0.4, -0.2) is 21.2 Å². The first-order chi connectivity index (χ1) is 15.8. The molecule has 1 saturated heterocycles. The van der Waals surface area contributed by atoms with Gasteiger partial charge < -0.3 is 5.11 Å². The summed E-state index contributed by atoms with van der Waals surface area (Å²) in [6, 6.07) is 18.0. The predicted molar refractivity (Wildman–Crippen MR) is 134 cm³/mol. The standard InChI is InChI=1S/C25H20BrN3O3S/c1-15-3-8-20(11-16(15)2)27-28-21-9-10-22(30)18(12-21)13-23-24(31)29(25(32)33-23)14-17-4-6-19(26)7-5-17/h3-13,30H,14H2,1-2H3/b23-13-,28-27?. The number of hydrogen-bond donors (Lipinski definition) is 1. The molecule has 6 nitrogen and oxygen atoms in total. The van der Waals surface area contributed by atoms with Crippen LogP contribution in [0.5, 0.6) is 5.75 Å². The summed E-state index contributed by atoms with van der Waals surface area (Å²) in [5, 5.41) is 18.4. The van der Waals surface area contributed by atoms with Gasteiger partial charge in [-0.3, -0.25) is 14.5 Å². The van der Waals surface area contributed by atoms with Crippen LogP contribution >= 0.6 is 27.7 Å². The number of hydrogen-bond acceptors (Lipinski definition) is 6. The number of halogens is 1. The number of carbonyl (C=O) groups excluding carboxylic acids is 2. The highest BCUT2D eigenvalue weighted by atomic mass is 79.9. The Morgan fingerprint density at radius 2 is 1.61 bits per heavy atom. The molecule has 0 saturated carbocycles. The Kier molecular flexibility index (Phi) is 6.76. The number of imide groups is 1. The molecule has 0 spiro atoms. The summed E-state index contributed by atoms with van der Waals surface area (Å²) in [6.45, 7) is 4.23.